The van der Waals surface area contributed by atoms with Gasteiger partial charge in [-0.25, -0.2) is 5.84 Å². The van der Waals surface area contributed by atoms with Gasteiger partial charge in [-0.3, -0.25) is 5.43 Å². The second kappa shape index (κ2) is 1.75. The standard InChI is InChI=1S/C4H7N3O/c5-7-4(8)2-1-3-6-7/h1-3,6,8H,5H2. The van der Waals surface area contributed by atoms with E-state index in [0.29, 0.717) is 0 Å². The van der Waals surface area contributed by atoms with Gasteiger partial charge in [-0.1, -0.05) is 0 Å². The van der Waals surface area contributed by atoms with E-state index in [1.165, 1.54) is 6.08 Å². The van der Waals surface area contributed by atoms with Crippen molar-refractivity contribution in [2.45, 2.75) is 0 Å². The average molecular weight is 113 g/mol. The number of hydrazine groups is 2. The zero-order chi connectivity index (χ0) is 5.98. The lowest BCUT2D eigenvalue weighted by Crippen LogP contribution is -2.40. The Hall–Kier alpha value is -1.16. The zero-order valence-corrected chi connectivity index (χ0v) is 4.20. The molecule has 44 valence electrons. The van der Waals surface area contributed by atoms with Crippen molar-refractivity contribution in [2.24, 2.45) is 5.84 Å². The summed E-state index contributed by atoms with van der Waals surface area (Å²) in [4.78, 5) is 0. The van der Waals surface area contributed by atoms with Crippen molar-refractivity contribution in [1.29, 1.82) is 0 Å². The van der Waals surface area contributed by atoms with Crippen LogP contribution in [-0.2, 0) is 0 Å². The lowest BCUT2D eigenvalue weighted by atomic mass is 10.5. The first kappa shape index (κ1) is 4.99. The van der Waals surface area contributed by atoms with Gasteiger partial charge in [0.05, 0.1) is 0 Å². The Balaban J connectivity index is 2.66. The number of hydrogen-bond donors (Lipinski definition) is 3. The lowest BCUT2D eigenvalue weighted by molar-refractivity contribution is 0.164. The Morgan fingerprint density at radius 1 is 1.75 bits per heavy atom. The fourth-order valence-electron chi connectivity index (χ4n) is 0.404. The number of nitrogens with two attached hydrogens (primary N) is 1. The molecule has 0 saturated heterocycles. The van der Waals surface area contributed by atoms with Gasteiger partial charge >= 0.3 is 0 Å². The maximum absolute atomic E-state index is 8.73. The van der Waals surface area contributed by atoms with E-state index < -0.39 is 0 Å². The van der Waals surface area contributed by atoms with E-state index in [-0.39, 0.29) is 5.88 Å². The third kappa shape index (κ3) is 0.737. The summed E-state index contributed by atoms with van der Waals surface area (Å²) in [6.45, 7) is 0. The molecule has 0 bridgehead atoms. The highest BCUT2D eigenvalue weighted by Crippen LogP contribution is 1.93. The van der Waals surface area contributed by atoms with E-state index in [2.05, 4.69) is 5.43 Å². The van der Waals surface area contributed by atoms with Crippen molar-refractivity contribution in [3.05, 3.63) is 24.2 Å². The number of allylic oxidation sites excluding steroid dienone is 2. The Bertz CT molecular complexity index is 140. The molecule has 0 unspecified atom stereocenters. The Labute approximate surface area is 46.8 Å². The average Bonchev–Trinajstić information content (AvgIpc) is 1.77. The number of rotatable bonds is 0. The van der Waals surface area contributed by atoms with Gasteiger partial charge in [0.15, 0.2) is 0 Å². The molecule has 1 heterocycles. The van der Waals surface area contributed by atoms with Crippen molar-refractivity contribution in [3.8, 4) is 0 Å². The molecule has 0 aromatic heterocycles. The first-order chi connectivity index (χ1) is 3.80. The predicted octanol–water partition coefficient (Wildman–Crippen LogP) is -0.407. The first-order valence-corrected chi connectivity index (χ1v) is 2.17. The highest BCUT2D eigenvalue weighted by Gasteiger charge is 1.99. The van der Waals surface area contributed by atoms with Crippen LogP contribution in [0.15, 0.2) is 24.2 Å². The normalized spacial score (nSPS) is 17.6. The molecule has 8 heavy (non-hydrogen) atoms. The van der Waals surface area contributed by atoms with E-state index in [4.69, 9.17) is 10.9 Å². The van der Waals surface area contributed by atoms with Crippen molar-refractivity contribution >= 4 is 0 Å². The molecule has 1 rings (SSSR count). The summed E-state index contributed by atoms with van der Waals surface area (Å²) in [5.74, 6) is 5.14. The summed E-state index contributed by atoms with van der Waals surface area (Å²) >= 11 is 0. The molecule has 4 heteroatoms. The largest absolute Gasteiger partial charge is 0.493 e. The molecule has 0 saturated carbocycles. The molecule has 0 aromatic carbocycles. The number of nitrogens with one attached hydrogen (secondary N) is 1. The Kier molecular flexibility index (Phi) is 1.09. The number of hydrogen-bond acceptors (Lipinski definition) is 4. The van der Waals surface area contributed by atoms with E-state index in [9.17, 15) is 0 Å². The summed E-state index contributed by atoms with van der Waals surface area (Å²) in [6.07, 6.45) is 4.74. The third-order valence-corrected chi connectivity index (χ3v) is 0.802. The SMILES string of the molecule is NN1NC=CC=C1O. The minimum absolute atomic E-state index is 0.00694. The lowest BCUT2D eigenvalue weighted by Gasteiger charge is -2.18. The summed E-state index contributed by atoms with van der Waals surface area (Å²) in [6, 6.07) is 0. The van der Waals surface area contributed by atoms with Crippen LogP contribution in [-0.4, -0.2) is 10.2 Å². The quantitative estimate of drug-likeness (QED) is 0.374. The molecule has 4 nitrogen and oxygen atoms in total. The van der Waals surface area contributed by atoms with Gasteiger partial charge in [0.2, 0.25) is 5.88 Å². The molecule has 1 aliphatic rings. The molecule has 4 N–H and O–H groups in total. The molecule has 0 aliphatic carbocycles. The van der Waals surface area contributed by atoms with Gasteiger partial charge in [-0.15, -0.1) is 0 Å². The monoisotopic (exact) mass is 113 g/mol. The van der Waals surface area contributed by atoms with E-state index in [0.717, 1.165) is 5.12 Å². The molecule has 0 radical (unpaired) electrons. The molecule has 0 amide bonds. The van der Waals surface area contributed by atoms with Gasteiger partial charge in [-0.2, -0.15) is 5.12 Å². The molecule has 0 aromatic rings. The van der Waals surface area contributed by atoms with Crippen LogP contribution in [0.5, 0.6) is 0 Å². The van der Waals surface area contributed by atoms with Crippen molar-refractivity contribution < 1.29 is 5.11 Å². The summed E-state index contributed by atoms with van der Waals surface area (Å²) in [5.41, 5.74) is 2.54. The minimum Gasteiger partial charge on any atom is -0.493 e. The van der Waals surface area contributed by atoms with Crippen LogP contribution in [0.4, 0.5) is 0 Å². The smallest absolute Gasteiger partial charge is 0.221 e. The summed E-state index contributed by atoms with van der Waals surface area (Å²) in [7, 11) is 0. The van der Waals surface area contributed by atoms with Gasteiger partial charge in [0.25, 0.3) is 0 Å². The highest BCUT2D eigenvalue weighted by atomic mass is 16.3. The van der Waals surface area contributed by atoms with Crippen LogP contribution < -0.4 is 11.3 Å². The maximum Gasteiger partial charge on any atom is 0.221 e. The molecule has 1 aliphatic heterocycles. The number of aliphatic hydroxyl groups is 1. The van der Waals surface area contributed by atoms with E-state index >= 15 is 0 Å². The molecular weight excluding hydrogens is 106 g/mol. The van der Waals surface area contributed by atoms with Crippen molar-refractivity contribution in [2.75, 3.05) is 0 Å². The molecule has 0 atom stereocenters. The van der Waals surface area contributed by atoms with Gasteiger partial charge in [-0.05, 0) is 6.08 Å². The zero-order valence-electron chi connectivity index (χ0n) is 4.20. The van der Waals surface area contributed by atoms with Gasteiger partial charge in [0, 0.05) is 12.3 Å². The van der Waals surface area contributed by atoms with Crippen LogP contribution in [0.25, 0.3) is 0 Å². The number of nitrogens with zero attached hydrogens (tertiary/aromatic N) is 1. The summed E-state index contributed by atoms with van der Waals surface area (Å²) in [5, 5.41) is 9.74. The van der Waals surface area contributed by atoms with E-state index in [1.54, 1.807) is 12.3 Å². The summed E-state index contributed by atoms with van der Waals surface area (Å²) < 4.78 is 0. The molecular formula is C4H7N3O. The highest BCUT2D eigenvalue weighted by molar-refractivity contribution is 5.07. The first-order valence-electron chi connectivity index (χ1n) is 2.17. The fraction of sp³-hybridized carbons (Fsp3) is 0. The Morgan fingerprint density at radius 2 is 2.50 bits per heavy atom. The van der Waals surface area contributed by atoms with Crippen molar-refractivity contribution in [1.82, 2.24) is 10.5 Å². The second-order valence-electron chi connectivity index (χ2n) is 1.38. The number of aliphatic hydroxyl groups excluding tert-OH is 1. The topological polar surface area (TPSA) is 61.5 Å². The predicted molar refractivity (Wildman–Crippen MR) is 29.0 cm³/mol. The van der Waals surface area contributed by atoms with Crippen LogP contribution >= 0.6 is 0 Å². The van der Waals surface area contributed by atoms with Crippen LogP contribution in [0.2, 0.25) is 0 Å². The van der Waals surface area contributed by atoms with Gasteiger partial charge < -0.3 is 5.11 Å². The molecule has 0 spiro atoms. The third-order valence-electron chi connectivity index (χ3n) is 0.802. The second-order valence-corrected chi connectivity index (χ2v) is 1.38. The molecule has 0 fully saturated rings. The van der Waals surface area contributed by atoms with Crippen LogP contribution in [0, 0.1) is 0 Å². The fourth-order valence-corrected chi connectivity index (χ4v) is 0.404. The maximum atomic E-state index is 8.73. The van der Waals surface area contributed by atoms with Crippen molar-refractivity contribution in [3.63, 3.8) is 0 Å². The van der Waals surface area contributed by atoms with Crippen LogP contribution in [0.3, 0.4) is 0 Å². The van der Waals surface area contributed by atoms with Crippen LogP contribution in [0.1, 0.15) is 0 Å². The minimum atomic E-state index is 0.00694. The Morgan fingerprint density at radius 3 is 2.88 bits per heavy atom. The van der Waals surface area contributed by atoms with E-state index in [1.807, 2.05) is 0 Å². The van der Waals surface area contributed by atoms with Gasteiger partial charge in [0.1, 0.15) is 0 Å².